The molecule has 4 heterocycles. The average molecular weight is 853 g/mol. The molecule has 55 heavy (non-hydrogen) atoms. The molecule has 0 saturated heterocycles. The summed E-state index contributed by atoms with van der Waals surface area (Å²) in [4.78, 5) is 29.8. The molecule has 2 aliphatic carbocycles. The Bertz CT molecular complexity index is 2740. The lowest BCUT2D eigenvalue weighted by molar-refractivity contribution is 0.393. The zero-order chi connectivity index (χ0) is 39.2. The zero-order valence-corrected chi connectivity index (χ0v) is 34.1. The van der Waals surface area contributed by atoms with Crippen molar-refractivity contribution in [2.45, 2.75) is 94.9 Å². The van der Waals surface area contributed by atoms with Gasteiger partial charge < -0.3 is 19.0 Å². The molecule has 0 radical (unpaired) electrons. The van der Waals surface area contributed by atoms with Crippen LogP contribution in [0, 0.1) is 33.6 Å². The summed E-state index contributed by atoms with van der Waals surface area (Å²) in [5.41, 5.74) is 4.50. The van der Waals surface area contributed by atoms with Crippen LogP contribution in [0.1, 0.15) is 74.3 Å². The highest BCUT2D eigenvalue weighted by atomic mass is 79.9. The van der Waals surface area contributed by atoms with Gasteiger partial charge in [-0.2, -0.15) is 0 Å². The monoisotopic (exact) mass is 851 g/mol. The number of benzene rings is 2. The van der Waals surface area contributed by atoms with Gasteiger partial charge in [-0.3, -0.25) is 9.59 Å². The number of hydrogen-bond donors (Lipinski definition) is 3. The van der Waals surface area contributed by atoms with Crippen molar-refractivity contribution in [3.8, 4) is 22.3 Å². The average Bonchev–Trinajstić information content (AvgIpc) is 3.95. The number of hydrogen-bond acceptors (Lipinski definition) is 10. The molecule has 8 rings (SSSR count). The van der Waals surface area contributed by atoms with Gasteiger partial charge in [-0.1, -0.05) is 36.0 Å². The number of nitrogens with zero attached hydrogens (tertiary/aromatic N) is 2. The number of sulfone groups is 1. The molecule has 290 valence electrons. The second-order valence-electron chi connectivity index (χ2n) is 14.6. The van der Waals surface area contributed by atoms with E-state index in [1.165, 1.54) is 6.07 Å². The lowest BCUT2D eigenvalue weighted by Gasteiger charge is -2.15. The summed E-state index contributed by atoms with van der Waals surface area (Å²) >= 11 is 3.20. The van der Waals surface area contributed by atoms with Crippen LogP contribution in [0.5, 0.6) is 0 Å². The van der Waals surface area contributed by atoms with E-state index in [-0.39, 0.29) is 43.1 Å². The number of halogens is 1. The van der Waals surface area contributed by atoms with Crippen LogP contribution in [0.4, 0.5) is 0 Å². The van der Waals surface area contributed by atoms with E-state index in [0.717, 1.165) is 62.5 Å². The molecule has 0 amide bonds. The van der Waals surface area contributed by atoms with Gasteiger partial charge in [0.05, 0.1) is 42.4 Å². The Labute approximate surface area is 326 Å². The van der Waals surface area contributed by atoms with E-state index >= 15 is 0 Å². The van der Waals surface area contributed by atoms with Crippen LogP contribution in [0.2, 0.25) is 0 Å². The molecule has 13 nitrogen and oxygen atoms in total. The van der Waals surface area contributed by atoms with Gasteiger partial charge >= 0.3 is 0 Å². The van der Waals surface area contributed by atoms with Crippen molar-refractivity contribution in [1.29, 1.82) is 0 Å². The zero-order valence-electron chi connectivity index (χ0n) is 30.9. The van der Waals surface area contributed by atoms with Gasteiger partial charge in [-0.05, 0) is 123 Å². The van der Waals surface area contributed by atoms with Crippen molar-refractivity contribution in [2.24, 2.45) is 5.92 Å². The first kappa shape index (κ1) is 38.9. The minimum atomic E-state index is -3.78. The molecule has 4 aromatic heterocycles. The number of H-pyrrole nitrogens is 2. The van der Waals surface area contributed by atoms with Crippen LogP contribution < -0.4 is 15.8 Å². The Morgan fingerprint density at radius 1 is 0.727 bits per heavy atom. The molecular weight excluding hydrogens is 810 g/mol. The molecule has 0 atom stereocenters. The first-order valence-electron chi connectivity index (χ1n) is 18.3. The fraction of sp³-hybridized carbons (Fsp3) is 0.385. The Morgan fingerprint density at radius 3 is 1.84 bits per heavy atom. The van der Waals surface area contributed by atoms with Crippen LogP contribution in [-0.2, 0) is 19.9 Å². The highest BCUT2D eigenvalue weighted by molar-refractivity contribution is 9.10. The van der Waals surface area contributed by atoms with E-state index in [1.807, 2.05) is 6.92 Å². The van der Waals surface area contributed by atoms with E-state index in [4.69, 9.17) is 9.05 Å². The summed E-state index contributed by atoms with van der Waals surface area (Å²) < 4.78 is 66.6. The van der Waals surface area contributed by atoms with Crippen molar-refractivity contribution >= 4 is 57.6 Å². The van der Waals surface area contributed by atoms with Crippen LogP contribution in [0.25, 0.3) is 44.1 Å². The van der Waals surface area contributed by atoms with Gasteiger partial charge in [-0.25, -0.2) is 21.6 Å². The quantitative estimate of drug-likeness (QED) is 0.137. The number of rotatable bonds is 8. The number of pyridine rings is 2. The molecule has 2 aromatic carbocycles. The molecule has 2 saturated carbocycles. The number of sulfonamides is 1. The predicted octanol–water partition coefficient (Wildman–Crippen LogP) is 7.55. The molecule has 6 aromatic rings. The minimum absolute atomic E-state index is 0.0611. The number of aryl methyl sites for hydroxylation is 4. The van der Waals surface area contributed by atoms with Crippen molar-refractivity contribution in [1.82, 2.24) is 25.0 Å². The summed E-state index contributed by atoms with van der Waals surface area (Å²) in [6.45, 7) is 7.18. The Kier molecular flexibility index (Phi) is 10.8. The number of fused-ring (bicyclic) bond motifs is 2. The minimum Gasteiger partial charge on any atom is -0.361 e. The third-order valence-electron chi connectivity index (χ3n) is 10.6. The van der Waals surface area contributed by atoms with Gasteiger partial charge in [0, 0.05) is 34.0 Å². The van der Waals surface area contributed by atoms with Gasteiger partial charge in [0.25, 0.3) is 5.56 Å². The first-order valence-corrected chi connectivity index (χ1v) is 22.2. The standard InChI is InChI=1S/C20H22N2O4S.C19H20BrN3O4S/c1-12-20(13(2)26-22-12)15-9-17-16(7-8-19(23)21-17)18(10-15)27(24,25)11-14-5-3-4-6-14;1-10-18(11(2)27-22-10)12-7-16-14(9-15(20)19(24)21-16)17(8-12)28(25,26)23-13-5-3-4-6-13/h7-10,14H,3-6,11H2,1-2H3,(H,21,23);7-9,13,23H,3-6H2,1-2H3,(H,21,24). The highest BCUT2D eigenvalue weighted by Crippen LogP contribution is 2.36. The number of nitrogens with one attached hydrogen (secondary N) is 3. The molecule has 2 aliphatic rings. The molecule has 0 bridgehead atoms. The lowest BCUT2D eigenvalue weighted by atomic mass is 10.0. The van der Waals surface area contributed by atoms with Crippen LogP contribution >= 0.6 is 15.9 Å². The summed E-state index contributed by atoms with van der Waals surface area (Å²) in [5, 5.41) is 8.92. The van der Waals surface area contributed by atoms with Crippen molar-refractivity contribution in [3.63, 3.8) is 0 Å². The second kappa shape index (κ2) is 15.3. The number of aromatic nitrogens is 4. The Hall–Kier alpha value is -4.38. The summed E-state index contributed by atoms with van der Waals surface area (Å²) in [6.07, 6.45) is 7.80. The van der Waals surface area contributed by atoms with Gasteiger partial charge in [0.2, 0.25) is 15.6 Å². The molecule has 16 heteroatoms. The molecule has 2 fully saturated rings. The van der Waals surface area contributed by atoms with E-state index < -0.39 is 19.9 Å². The van der Waals surface area contributed by atoms with Crippen LogP contribution in [-0.4, -0.2) is 48.9 Å². The van der Waals surface area contributed by atoms with E-state index in [1.54, 1.807) is 57.2 Å². The first-order chi connectivity index (χ1) is 26.1. The predicted molar refractivity (Wildman–Crippen MR) is 213 cm³/mol. The molecule has 0 aliphatic heterocycles. The third-order valence-corrected chi connectivity index (χ3v) is 14.6. The topological polar surface area (TPSA) is 198 Å². The largest absolute Gasteiger partial charge is 0.361 e. The summed E-state index contributed by atoms with van der Waals surface area (Å²) in [7, 11) is -7.28. The van der Waals surface area contributed by atoms with Crippen molar-refractivity contribution in [2.75, 3.05) is 5.75 Å². The summed E-state index contributed by atoms with van der Waals surface area (Å²) in [5.74, 6) is 1.55. The van der Waals surface area contributed by atoms with Crippen molar-refractivity contribution < 1.29 is 25.9 Å². The van der Waals surface area contributed by atoms with E-state index in [0.29, 0.717) is 55.8 Å². The smallest absolute Gasteiger partial charge is 0.262 e. The van der Waals surface area contributed by atoms with E-state index in [2.05, 4.69) is 40.9 Å². The van der Waals surface area contributed by atoms with Gasteiger partial charge in [0.15, 0.2) is 9.84 Å². The third kappa shape index (κ3) is 8.00. The second-order valence-corrected chi connectivity index (χ2v) is 19.1. The molecule has 3 N–H and O–H groups in total. The Balaban J connectivity index is 0.000000169. The SMILES string of the molecule is Cc1noc(C)c1-c1cc(S(=O)(=O)CC2CCCC2)c2ccc(=O)[nH]c2c1.Cc1noc(C)c1-c1cc(S(=O)(=O)NC2CCCC2)c2cc(Br)c(=O)[nH]c2c1. The maximum atomic E-state index is 13.2. The fourth-order valence-corrected chi connectivity index (χ4v) is 11.8. The maximum Gasteiger partial charge on any atom is 0.262 e. The lowest BCUT2D eigenvalue weighted by Crippen LogP contribution is -2.32. The van der Waals surface area contributed by atoms with Gasteiger partial charge in [0.1, 0.15) is 11.5 Å². The summed E-state index contributed by atoms with van der Waals surface area (Å²) in [6, 6.07) is 11.3. The van der Waals surface area contributed by atoms with Crippen molar-refractivity contribution in [3.05, 3.63) is 90.6 Å². The molecule has 0 unspecified atom stereocenters. The maximum absolute atomic E-state index is 13.2. The van der Waals surface area contributed by atoms with Crippen LogP contribution in [0.3, 0.4) is 0 Å². The molecular formula is C39H42BrN5O8S2. The highest BCUT2D eigenvalue weighted by Gasteiger charge is 2.28. The normalized spacial score (nSPS) is 15.6. The van der Waals surface area contributed by atoms with Crippen LogP contribution in [0.15, 0.2) is 75.4 Å². The molecule has 0 spiro atoms. The van der Waals surface area contributed by atoms with E-state index in [9.17, 15) is 26.4 Å². The fourth-order valence-electron chi connectivity index (χ4n) is 7.95. The Morgan fingerprint density at radius 2 is 1.27 bits per heavy atom. The van der Waals surface area contributed by atoms with Gasteiger partial charge in [-0.15, -0.1) is 0 Å². The number of aromatic amines is 2.